The van der Waals surface area contributed by atoms with Crippen LogP contribution in [0.3, 0.4) is 0 Å². The van der Waals surface area contributed by atoms with Gasteiger partial charge in [0, 0.05) is 19.2 Å². The van der Waals surface area contributed by atoms with Crippen LogP contribution in [0.4, 0.5) is 0 Å². The van der Waals surface area contributed by atoms with Gasteiger partial charge in [0.15, 0.2) is 0 Å². The van der Waals surface area contributed by atoms with Crippen LogP contribution in [-0.4, -0.2) is 34.3 Å². The second-order valence-electron chi connectivity index (χ2n) is 5.77. The quantitative estimate of drug-likeness (QED) is 0.754. The van der Waals surface area contributed by atoms with Crippen molar-refractivity contribution in [2.75, 3.05) is 6.54 Å². The first-order chi connectivity index (χ1) is 11.5. The molecule has 0 fully saturated rings. The first kappa shape index (κ1) is 17.7. The number of nitrogens with one attached hydrogen (secondary N) is 1. The zero-order valence-electron chi connectivity index (χ0n) is 14.1. The van der Waals surface area contributed by atoms with E-state index in [-0.39, 0.29) is 24.4 Å². The fourth-order valence-corrected chi connectivity index (χ4v) is 2.18. The molecule has 0 atom stereocenters. The maximum atomic E-state index is 11.8. The average Bonchev–Trinajstić information content (AvgIpc) is 3.02. The number of aromatic nitrogens is 2. The van der Waals surface area contributed by atoms with E-state index in [0.717, 1.165) is 11.3 Å². The molecule has 0 radical (unpaired) electrons. The smallest absolute Gasteiger partial charge is 0.307 e. The maximum absolute atomic E-state index is 11.8. The highest BCUT2D eigenvalue weighted by Gasteiger charge is 2.08. The van der Waals surface area contributed by atoms with Crippen molar-refractivity contribution in [2.24, 2.45) is 0 Å². The molecule has 128 valence electrons. The first-order valence-corrected chi connectivity index (χ1v) is 8.10. The number of ether oxygens (including phenoxy) is 1. The fourth-order valence-electron chi connectivity index (χ4n) is 2.18. The molecule has 0 aliphatic heterocycles. The summed E-state index contributed by atoms with van der Waals surface area (Å²) in [7, 11) is 0. The van der Waals surface area contributed by atoms with Crippen molar-refractivity contribution in [1.29, 1.82) is 0 Å². The number of hydrogen-bond acceptors (Lipinski definition) is 4. The van der Waals surface area contributed by atoms with Crippen molar-refractivity contribution >= 4 is 11.9 Å². The van der Waals surface area contributed by atoms with Crippen LogP contribution in [-0.2, 0) is 20.7 Å². The summed E-state index contributed by atoms with van der Waals surface area (Å²) in [5.41, 5.74) is 1.98. The molecule has 1 aromatic carbocycles. The molecule has 6 heteroatoms. The Hall–Kier alpha value is -2.63. The van der Waals surface area contributed by atoms with Gasteiger partial charge in [0.2, 0.25) is 5.91 Å². The summed E-state index contributed by atoms with van der Waals surface area (Å²) in [5, 5.41) is 7.03. The molecule has 0 saturated heterocycles. The van der Waals surface area contributed by atoms with Gasteiger partial charge in [-0.25, -0.2) is 4.68 Å². The third-order valence-corrected chi connectivity index (χ3v) is 3.32. The summed E-state index contributed by atoms with van der Waals surface area (Å²) >= 11 is 0. The van der Waals surface area contributed by atoms with Gasteiger partial charge in [-0.1, -0.05) is 18.2 Å². The predicted molar refractivity (Wildman–Crippen MR) is 90.7 cm³/mol. The van der Waals surface area contributed by atoms with Crippen LogP contribution in [0.2, 0.25) is 0 Å². The van der Waals surface area contributed by atoms with Crippen molar-refractivity contribution in [1.82, 2.24) is 15.1 Å². The molecule has 1 aromatic heterocycles. The molecule has 0 spiro atoms. The standard InChI is InChI=1S/C18H23N3O3/c1-14(2)24-18(23)10-11-19-17(22)9-8-15-12-20-21(13-15)16-6-4-3-5-7-16/h3-7,12-14H,8-11H2,1-2H3,(H,19,22). The Morgan fingerprint density at radius 3 is 2.67 bits per heavy atom. The summed E-state index contributed by atoms with van der Waals surface area (Å²) < 4.78 is 6.79. The Morgan fingerprint density at radius 2 is 1.96 bits per heavy atom. The van der Waals surface area contributed by atoms with Crippen LogP contribution in [0.15, 0.2) is 42.7 Å². The topological polar surface area (TPSA) is 73.2 Å². The van der Waals surface area contributed by atoms with Crippen molar-refractivity contribution in [3.63, 3.8) is 0 Å². The van der Waals surface area contributed by atoms with E-state index in [1.54, 1.807) is 24.7 Å². The van der Waals surface area contributed by atoms with E-state index in [1.807, 2.05) is 36.5 Å². The summed E-state index contributed by atoms with van der Waals surface area (Å²) in [5.74, 6) is -0.380. The molecule has 24 heavy (non-hydrogen) atoms. The van der Waals surface area contributed by atoms with E-state index in [9.17, 15) is 9.59 Å². The van der Waals surface area contributed by atoms with Crippen molar-refractivity contribution in [2.45, 2.75) is 39.2 Å². The highest BCUT2D eigenvalue weighted by Crippen LogP contribution is 2.09. The third kappa shape index (κ3) is 5.87. The number of rotatable bonds is 8. The second kappa shape index (κ2) is 8.86. The Labute approximate surface area is 141 Å². The van der Waals surface area contributed by atoms with E-state index in [2.05, 4.69) is 10.4 Å². The lowest BCUT2D eigenvalue weighted by atomic mass is 10.2. The molecular formula is C18H23N3O3. The number of carbonyl (C=O) groups is 2. The predicted octanol–water partition coefficient (Wildman–Crippen LogP) is 2.26. The Bertz CT molecular complexity index is 665. The van der Waals surface area contributed by atoms with Gasteiger partial charge >= 0.3 is 5.97 Å². The van der Waals surface area contributed by atoms with Crippen molar-refractivity contribution in [3.8, 4) is 5.69 Å². The normalized spacial score (nSPS) is 10.6. The van der Waals surface area contributed by atoms with Gasteiger partial charge in [-0.15, -0.1) is 0 Å². The first-order valence-electron chi connectivity index (χ1n) is 8.10. The van der Waals surface area contributed by atoms with Crippen molar-refractivity contribution < 1.29 is 14.3 Å². The van der Waals surface area contributed by atoms with E-state index in [4.69, 9.17) is 4.74 Å². The molecule has 0 unspecified atom stereocenters. The molecule has 1 amide bonds. The van der Waals surface area contributed by atoms with E-state index >= 15 is 0 Å². The minimum Gasteiger partial charge on any atom is -0.463 e. The highest BCUT2D eigenvalue weighted by molar-refractivity contribution is 5.77. The lowest BCUT2D eigenvalue weighted by Crippen LogP contribution is -2.27. The molecule has 1 N–H and O–H groups in total. The lowest BCUT2D eigenvalue weighted by molar-refractivity contribution is -0.147. The maximum Gasteiger partial charge on any atom is 0.307 e. The minimum atomic E-state index is -0.297. The number of nitrogens with zero attached hydrogens (tertiary/aromatic N) is 2. The molecule has 6 nitrogen and oxygen atoms in total. The van der Waals surface area contributed by atoms with Gasteiger partial charge in [-0.05, 0) is 38.0 Å². The number of benzene rings is 1. The summed E-state index contributed by atoms with van der Waals surface area (Å²) in [6, 6.07) is 9.80. The molecule has 0 bridgehead atoms. The van der Waals surface area contributed by atoms with Crippen LogP contribution in [0.1, 0.15) is 32.3 Å². The van der Waals surface area contributed by atoms with Crippen LogP contribution < -0.4 is 5.32 Å². The zero-order valence-corrected chi connectivity index (χ0v) is 14.1. The van der Waals surface area contributed by atoms with Crippen LogP contribution in [0.5, 0.6) is 0 Å². The van der Waals surface area contributed by atoms with Gasteiger partial charge in [0.05, 0.1) is 24.4 Å². The SMILES string of the molecule is CC(C)OC(=O)CCNC(=O)CCc1cnn(-c2ccccc2)c1. The van der Waals surface area contributed by atoms with Gasteiger partial charge < -0.3 is 10.1 Å². The molecule has 2 aromatic rings. The van der Waals surface area contributed by atoms with E-state index in [1.165, 1.54) is 0 Å². The molecule has 0 aliphatic carbocycles. The third-order valence-electron chi connectivity index (χ3n) is 3.32. The number of carbonyl (C=O) groups excluding carboxylic acids is 2. The van der Waals surface area contributed by atoms with E-state index < -0.39 is 0 Å². The highest BCUT2D eigenvalue weighted by atomic mass is 16.5. The monoisotopic (exact) mass is 329 g/mol. The number of esters is 1. The summed E-state index contributed by atoms with van der Waals surface area (Å²) in [4.78, 5) is 23.2. The van der Waals surface area contributed by atoms with Gasteiger partial charge in [-0.2, -0.15) is 5.10 Å². The van der Waals surface area contributed by atoms with Crippen molar-refractivity contribution in [3.05, 3.63) is 48.3 Å². The molecule has 0 saturated carbocycles. The van der Waals surface area contributed by atoms with E-state index in [0.29, 0.717) is 19.4 Å². The molecule has 1 heterocycles. The summed E-state index contributed by atoms with van der Waals surface area (Å²) in [6.45, 7) is 3.89. The fraction of sp³-hybridized carbons (Fsp3) is 0.389. The number of aryl methyl sites for hydroxylation is 1. The van der Waals surface area contributed by atoms with Gasteiger partial charge in [0.1, 0.15) is 0 Å². The lowest BCUT2D eigenvalue weighted by Gasteiger charge is -2.08. The Balaban J connectivity index is 1.71. The molecular weight excluding hydrogens is 306 g/mol. The summed E-state index contributed by atoms with van der Waals surface area (Å²) in [6.07, 6.45) is 4.71. The number of hydrogen-bond donors (Lipinski definition) is 1. The molecule has 0 aliphatic rings. The Morgan fingerprint density at radius 1 is 1.21 bits per heavy atom. The number of amides is 1. The van der Waals surface area contributed by atoms with Gasteiger partial charge in [-0.3, -0.25) is 9.59 Å². The second-order valence-corrected chi connectivity index (χ2v) is 5.77. The largest absolute Gasteiger partial charge is 0.463 e. The number of para-hydroxylation sites is 1. The zero-order chi connectivity index (χ0) is 17.4. The minimum absolute atomic E-state index is 0.0835. The van der Waals surface area contributed by atoms with Crippen LogP contribution in [0.25, 0.3) is 5.69 Å². The van der Waals surface area contributed by atoms with Crippen LogP contribution >= 0.6 is 0 Å². The van der Waals surface area contributed by atoms with Crippen LogP contribution in [0, 0.1) is 0 Å². The Kier molecular flexibility index (Phi) is 6.54. The van der Waals surface area contributed by atoms with Gasteiger partial charge in [0.25, 0.3) is 0 Å². The molecule has 2 rings (SSSR count). The average molecular weight is 329 g/mol.